The molecule has 80 valence electrons. The maximum Gasteiger partial charge on any atom is 0.332 e. The fourth-order valence-electron chi connectivity index (χ4n) is 0.653. The van der Waals surface area contributed by atoms with E-state index >= 15 is 0 Å². The molecular formula is C7H6ClN3O4. The van der Waals surface area contributed by atoms with Gasteiger partial charge in [0, 0.05) is 0 Å². The molecule has 0 radical (unpaired) electrons. The lowest BCUT2D eigenvalue weighted by molar-refractivity contribution is -0.144. The number of nitrogens with zero attached hydrogens (tertiary/aromatic N) is 2. The van der Waals surface area contributed by atoms with Gasteiger partial charge in [-0.2, -0.15) is 0 Å². The SMILES string of the molecule is O=C(O)CONC(=O)c1ccc(Cl)nn1. The lowest BCUT2D eigenvalue weighted by atomic mass is 10.4. The van der Waals surface area contributed by atoms with E-state index in [1.807, 2.05) is 5.48 Å². The largest absolute Gasteiger partial charge is 0.479 e. The number of halogens is 1. The van der Waals surface area contributed by atoms with Gasteiger partial charge in [0.1, 0.15) is 0 Å². The van der Waals surface area contributed by atoms with Gasteiger partial charge >= 0.3 is 5.97 Å². The number of hydrogen-bond donors (Lipinski definition) is 2. The highest BCUT2D eigenvalue weighted by Gasteiger charge is 2.08. The van der Waals surface area contributed by atoms with E-state index in [2.05, 4.69) is 15.0 Å². The predicted octanol–water partition coefficient (Wildman–Crippen LogP) is -0.124. The van der Waals surface area contributed by atoms with E-state index < -0.39 is 18.5 Å². The molecule has 0 aliphatic heterocycles. The summed E-state index contributed by atoms with van der Waals surface area (Å²) in [5.74, 6) is -1.89. The molecule has 1 heterocycles. The first-order valence-corrected chi connectivity index (χ1v) is 4.10. The molecule has 0 unspecified atom stereocenters. The van der Waals surface area contributed by atoms with Crippen molar-refractivity contribution in [3.05, 3.63) is 23.0 Å². The molecule has 0 aromatic carbocycles. The summed E-state index contributed by atoms with van der Waals surface area (Å²) >= 11 is 5.45. The number of aliphatic carboxylic acids is 1. The zero-order valence-corrected chi connectivity index (χ0v) is 8.06. The minimum atomic E-state index is -1.20. The molecule has 1 amide bonds. The van der Waals surface area contributed by atoms with Crippen LogP contribution in [0.25, 0.3) is 0 Å². The molecule has 0 saturated heterocycles. The summed E-state index contributed by atoms with van der Waals surface area (Å²) in [4.78, 5) is 25.5. The van der Waals surface area contributed by atoms with Crippen molar-refractivity contribution < 1.29 is 19.5 Å². The Morgan fingerprint density at radius 1 is 1.47 bits per heavy atom. The normalized spacial score (nSPS) is 9.67. The third-order valence-electron chi connectivity index (χ3n) is 1.23. The Labute approximate surface area is 89.0 Å². The molecule has 0 spiro atoms. The van der Waals surface area contributed by atoms with Crippen molar-refractivity contribution in [2.75, 3.05) is 6.61 Å². The summed E-state index contributed by atoms with van der Waals surface area (Å²) < 4.78 is 0. The third kappa shape index (κ3) is 3.88. The quantitative estimate of drug-likeness (QED) is 0.701. The molecule has 1 aromatic heterocycles. The van der Waals surface area contributed by atoms with Gasteiger partial charge in [-0.1, -0.05) is 11.6 Å². The zero-order chi connectivity index (χ0) is 11.3. The number of carboxylic acids is 1. The van der Waals surface area contributed by atoms with Gasteiger partial charge in [0.25, 0.3) is 5.91 Å². The Bertz CT molecular complexity index is 367. The Kier molecular flexibility index (Phi) is 3.95. The van der Waals surface area contributed by atoms with E-state index in [1.165, 1.54) is 12.1 Å². The number of rotatable bonds is 4. The fourth-order valence-corrected chi connectivity index (χ4v) is 0.754. The lowest BCUT2D eigenvalue weighted by Crippen LogP contribution is -2.27. The molecule has 0 atom stereocenters. The zero-order valence-electron chi connectivity index (χ0n) is 7.31. The molecule has 7 nitrogen and oxygen atoms in total. The topological polar surface area (TPSA) is 101 Å². The first kappa shape index (κ1) is 11.3. The fraction of sp³-hybridized carbons (Fsp3) is 0.143. The molecular weight excluding hydrogens is 226 g/mol. The van der Waals surface area contributed by atoms with Crippen LogP contribution in [-0.2, 0) is 9.63 Å². The maximum absolute atomic E-state index is 11.2. The van der Waals surface area contributed by atoms with Crippen molar-refractivity contribution in [1.29, 1.82) is 0 Å². The van der Waals surface area contributed by atoms with Crippen LogP contribution in [0.15, 0.2) is 12.1 Å². The number of nitrogens with one attached hydrogen (secondary N) is 1. The van der Waals surface area contributed by atoms with Gasteiger partial charge in [-0.05, 0) is 12.1 Å². The Hall–Kier alpha value is -1.73. The highest BCUT2D eigenvalue weighted by molar-refractivity contribution is 6.29. The Morgan fingerprint density at radius 2 is 2.20 bits per heavy atom. The summed E-state index contributed by atoms with van der Waals surface area (Å²) in [5.41, 5.74) is 1.86. The molecule has 15 heavy (non-hydrogen) atoms. The van der Waals surface area contributed by atoms with Crippen LogP contribution in [0.3, 0.4) is 0 Å². The van der Waals surface area contributed by atoms with E-state index in [0.717, 1.165) is 0 Å². The molecule has 2 N–H and O–H groups in total. The smallest absolute Gasteiger partial charge is 0.332 e. The van der Waals surface area contributed by atoms with Crippen molar-refractivity contribution in [3.8, 4) is 0 Å². The number of hydrogen-bond acceptors (Lipinski definition) is 5. The molecule has 1 rings (SSSR count). The van der Waals surface area contributed by atoms with Gasteiger partial charge in [0.15, 0.2) is 17.5 Å². The van der Waals surface area contributed by atoms with Crippen LogP contribution in [0.2, 0.25) is 5.15 Å². The molecule has 0 fully saturated rings. The van der Waals surface area contributed by atoms with E-state index in [0.29, 0.717) is 0 Å². The molecule has 0 aliphatic rings. The average Bonchev–Trinajstić information content (AvgIpc) is 2.18. The number of amides is 1. The summed E-state index contributed by atoms with van der Waals surface area (Å²) in [6, 6.07) is 2.70. The van der Waals surface area contributed by atoms with Gasteiger partial charge in [-0.15, -0.1) is 10.2 Å². The molecule has 1 aromatic rings. The van der Waals surface area contributed by atoms with Crippen LogP contribution in [0.5, 0.6) is 0 Å². The van der Waals surface area contributed by atoms with Crippen LogP contribution in [-0.4, -0.2) is 33.8 Å². The van der Waals surface area contributed by atoms with Gasteiger partial charge in [-0.25, -0.2) is 10.3 Å². The van der Waals surface area contributed by atoms with Gasteiger partial charge in [0.2, 0.25) is 0 Å². The minimum absolute atomic E-state index is 0.0233. The molecule has 0 aliphatic carbocycles. The second-order valence-corrected chi connectivity index (χ2v) is 2.74. The van der Waals surface area contributed by atoms with Gasteiger partial charge < -0.3 is 5.11 Å². The van der Waals surface area contributed by atoms with Crippen LogP contribution in [0.1, 0.15) is 10.5 Å². The van der Waals surface area contributed by atoms with Crippen molar-refractivity contribution in [3.63, 3.8) is 0 Å². The highest BCUT2D eigenvalue weighted by Crippen LogP contribution is 2.01. The highest BCUT2D eigenvalue weighted by atomic mass is 35.5. The summed E-state index contributed by atoms with van der Waals surface area (Å²) in [7, 11) is 0. The van der Waals surface area contributed by atoms with Gasteiger partial charge in [-0.3, -0.25) is 9.63 Å². The number of aromatic nitrogens is 2. The summed E-state index contributed by atoms with van der Waals surface area (Å²) in [5, 5.41) is 15.2. The Balaban J connectivity index is 2.47. The summed E-state index contributed by atoms with van der Waals surface area (Å²) in [6.07, 6.45) is 0. The number of carbonyl (C=O) groups is 2. The van der Waals surface area contributed by atoms with Crippen molar-refractivity contribution >= 4 is 23.5 Å². The van der Waals surface area contributed by atoms with Crippen LogP contribution in [0, 0.1) is 0 Å². The second kappa shape index (κ2) is 5.23. The monoisotopic (exact) mass is 231 g/mol. The second-order valence-electron chi connectivity index (χ2n) is 2.35. The van der Waals surface area contributed by atoms with Crippen LogP contribution < -0.4 is 5.48 Å². The van der Waals surface area contributed by atoms with Crippen molar-refractivity contribution in [2.24, 2.45) is 0 Å². The minimum Gasteiger partial charge on any atom is -0.479 e. The van der Waals surface area contributed by atoms with E-state index in [9.17, 15) is 9.59 Å². The van der Waals surface area contributed by atoms with Crippen molar-refractivity contribution in [2.45, 2.75) is 0 Å². The number of hydroxylamine groups is 1. The van der Waals surface area contributed by atoms with E-state index in [1.54, 1.807) is 0 Å². The van der Waals surface area contributed by atoms with Gasteiger partial charge in [0.05, 0.1) is 0 Å². The average molecular weight is 232 g/mol. The molecule has 8 heteroatoms. The Morgan fingerprint density at radius 3 is 2.73 bits per heavy atom. The maximum atomic E-state index is 11.2. The lowest BCUT2D eigenvalue weighted by Gasteiger charge is -2.01. The number of carboxylic acid groups (broad SMARTS) is 1. The van der Waals surface area contributed by atoms with Crippen LogP contribution >= 0.6 is 11.6 Å². The third-order valence-corrected chi connectivity index (χ3v) is 1.43. The molecule has 0 saturated carbocycles. The summed E-state index contributed by atoms with van der Waals surface area (Å²) in [6.45, 7) is -0.632. The van der Waals surface area contributed by atoms with E-state index in [4.69, 9.17) is 16.7 Å². The first-order chi connectivity index (χ1) is 7.09. The van der Waals surface area contributed by atoms with Crippen molar-refractivity contribution in [1.82, 2.24) is 15.7 Å². The standard InChI is InChI=1S/C7H6ClN3O4/c8-5-2-1-4(9-10-5)7(14)11-15-3-6(12)13/h1-2H,3H2,(H,11,14)(H,12,13). The number of carbonyl (C=O) groups excluding carboxylic acids is 1. The first-order valence-electron chi connectivity index (χ1n) is 3.73. The molecule has 0 bridgehead atoms. The van der Waals surface area contributed by atoms with Crippen LogP contribution in [0.4, 0.5) is 0 Å². The predicted molar refractivity (Wildman–Crippen MR) is 48.1 cm³/mol. The van der Waals surface area contributed by atoms with E-state index in [-0.39, 0.29) is 10.8 Å².